The monoisotopic (exact) mass is 279 g/mol. The van der Waals surface area contributed by atoms with Crippen LogP contribution >= 0.6 is 0 Å². The van der Waals surface area contributed by atoms with Gasteiger partial charge in [0.2, 0.25) is 0 Å². The van der Waals surface area contributed by atoms with E-state index in [1.807, 2.05) is 24.3 Å². The van der Waals surface area contributed by atoms with Crippen molar-refractivity contribution in [1.29, 1.82) is 0 Å². The van der Waals surface area contributed by atoms with E-state index in [1.54, 1.807) is 0 Å². The summed E-state index contributed by atoms with van der Waals surface area (Å²) < 4.78 is 11.2. The Morgan fingerprint density at radius 1 is 1.25 bits per heavy atom. The summed E-state index contributed by atoms with van der Waals surface area (Å²) in [6.45, 7) is 5.83. The van der Waals surface area contributed by atoms with Crippen LogP contribution in [0.25, 0.3) is 0 Å². The molecule has 0 amide bonds. The van der Waals surface area contributed by atoms with E-state index < -0.39 is 5.66 Å². The number of benzene rings is 1. The van der Waals surface area contributed by atoms with Crippen molar-refractivity contribution in [1.82, 2.24) is 0 Å². The molecular weight excluding hydrogens is 254 g/mol. The maximum Gasteiger partial charge on any atom is 0.104 e. The van der Waals surface area contributed by atoms with Crippen molar-refractivity contribution >= 4 is 0 Å². The molecule has 6 N–H and O–H groups in total. The standard InChI is InChI=1S/C15H25N3O2/c1-3-14(2,20-9-13-8-19-13)11-4-6-12(7-5-11)15(17,18)10-16/h4-7,13H,3,8-10,16-18H2,1-2H3. The quantitative estimate of drug-likeness (QED) is 0.505. The molecular formula is C15H25N3O2. The molecule has 1 aliphatic rings. The number of ether oxygens (including phenoxy) is 2. The lowest BCUT2D eigenvalue weighted by molar-refractivity contribution is -0.0454. The largest absolute Gasteiger partial charge is 0.371 e. The Balaban J connectivity index is 2.13. The lowest BCUT2D eigenvalue weighted by Crippen LogP contribution is -2.52. The number of hydrogen-bond donors (Lipinski definition) is 3. The number of rotatable bonds is 7. The van der Waals surface area contributed by atoms with Gasteiger partial charge in [-0.15, -0.1) is 0 Å². The van der Waals surface area contributed by atoms with Crippen LogP contribution in [0.15, 0.2) is 24.3 Å². The summed E-state index contributed by atoms with van der Waals surface area (Å²) in [5.41, 5.74) is 18.1. The van der Waals surface area contributed by atoms with Crippen LogP contribution in [0, 0.1) is 0 Å². The molecule has 1 aliphatic heterocycles. The van der Waals surface area contributed by atoms with E-state index in [9.17, 15) is 0 Å². The maximum absolute atomic E-state index is 6.03. The predicted molar refractivity (Wildman–Crippen MR) is 78.9 cm³/mol. The van der Waals surface area contributed by atoms with E-state index in [0.29, 0.717) is 6.61 Å². The molecule has 1 heterocycles. The van der Waals surface area contributed by atoms with Crippen LogP contribution in [-0.4, -0.2) is 25.9 Å². The molecule has 0 aliphatic carbocycles. The number of epoxide rings is 1. The van der Waals surface area contributed by atoms with Gasteiger partial charge in [0.1, 0.15) is 11.8 Å². The fourth-order valence-corrected chi connectivity index (χ4v) is 2.08. The molecule has 0 aromatic heterocycles. The van der Waals surface area contributed by atoms with Gasteiger partial charge in [0.15, 0.2) is 0 Å². The summed E-state index contributed by atoms with van der Waals surface area (Å²) >= 11 is 0. The molecule has 112 valence electrons. The molecule has 2 unspecified atom stereocenters. The molecule has 5 heteroatoms. The van der Waals surface area contributed by atoms with Crippen molar-refractivity contribution in [2.75, 3.05) is 19.8 Å². The van der Waals surface area contributed by atoms with E-state index >= 15 is 0 Å². The third-order valence-corrected chi connectivity index (χ3v) is 4.04. The fraction of sp³-hybridized carbons (Fsp3) is 0.600. The fourth-order valence-electron chi connectivity index (χ4n) is 2.08. The number of nitrogens with two attached hydrogens (primary N) is 3. The van der Waals surface area contributed by atoms with Crippen LogP contribution in [0.4, 0.5) is 0 Å². The summed E-state index contributed by atoms with van der Waals surface area (Å²) in [6.07, 6.45) is 1.14. The Morgan fingerprint density at radius 2 is 1.80 bits per heavy atom. The molecule has 0 radical (unpaired) electrons. The van der Waals surface area contributed by atoms with Crippen LogP contribution in [-0.2, 0) is 20.7 Å². The zero-order valence-corrected chi connectivity index (χ0v) is 12.3. The Kier molecular flexibility index (Phi) is 4.46. The molecule has 0 bridgehead atoms. The Labute approximate surface area is 120 Å². The zero-order chi connectivity index (χ0) is 14.8. The highest BCUT2D eigenvalue weighted by Crippen LogP contribution is 2.31. The van der Waals surface area contributed by atoms with Crippen molar-refractivity contribution < 1.29 is 9.47 Å². The van der Waals surface area contributed by atoms with Crippen molar-refractivity contribution in [3.05, 3.63) is 35.4 Å². The van der Waals surface area contributed by atoms with Crippen LogP contribution in [0.5, 0.6) is 0 Å². The predicted octanol–water partition coefficient (Wildman–Crippen LogP) is 0.756. The second kappa shape index (κ2) is 5.79. The highest BCUT2D eigenvalue weighted by molar-refractivity contribution is 5.31. The summed E-state index contributed by atoms with van der Waals surface area (Å²) in [4.78, 5) is 0. The Bertz CT molecular complexity index is 443. The van der Waals surface area contributed by atoms with Gasteiger partial charge in [0.25, 0.3) is 0 Å². The van der Waals surface area contributed by atoms with Gasteiger partial charge in [-0.3, -0.25) is 0 Å². The molecule has 1 saturated heterocycles. The average molecular weight is 279 g/mol. The lowest BCUT2D eigenvalue weighted by atomic mass is 9.90. The van der Waals surface area contributed by atoms with Gasteiger partial charge in [-0.05, 0) is 24.5 Å². The highest BCUT2D eigenvalue weighted by Gasteiger charge is 2.31. The zero-order valence-electron chi connectivity index (χ0n) is 12.3. The van der Waals surface area contributed by atoms with Gasteiger partial charge in [-0.2, -0.15) is 0 Å². The molecule has 2 atom stereocenters. The van der Waals surface area contributed by atoms with E-state index in [0.717, 1.165) is 24.2 Å². The molecule has 5 nitrogen and oxygen atoms in total. The molecule has 1 aromatic carbocycles. The first-order valence-corrected chi connectivity index (χ1v) is 7.05. The molecule has 0 saturated carbocycles. The second-order valence-corrected chi connectivity index (χ2v) is 5.67. The minimum atomic E-state index is -0.982. The van der Waals surface area contributed by atoms with E-state index in [-0.39, 0.29) is 18.2 Å². The first-order valence-electron chi connectivity index (χ1n) is 7.05. The van der Waals surface area contributed by atoms with E-state index in [2.05, 4.69) is 13.8 Å². The number of hydrogen-bond acceptors (Lipinski definition) is 5. The molecule has 1 fully saturated rings. The second-order valence-electron chi connectivity index (χ2n) is 5.67. The molecule has 20 heavy (non-hydrogen) atoms. The van der Waals surface area contributed by atoms with Gasteiger partial charge < -0.3 is 26.7 Å². The van der Waals surface area contributed by atoms with Crippen molar-refractivity contribution in [2.24, 2.45) is 17.2 Å². The van der Waals surface area contributed by atoms with Crippen molar-refractivity contribution in [3.8, 4) is 0 Å². The smallest absolute Gasteiger partial charge is 0.104 e. The van der Waals surface area contributed by atoms with E-state index in [1.165, 1.54) is 0 Å². The van der Waals surface area contributed by atoms with Gasteiger partial charge in [-0.1, -0.05) is 31.2 Å². The van der Waals surface area contributed by atoms with E-state index in [4.69, 9.17) is 26.7 Å². The Morgan fingerprint density at radius 3 is 2.25 bits per heavy atom. The van der Waals surface area contributed by atoms with Crippen LogP contribution in [0.3, 0.4) is 0 Å². The highest BCUT2D eigenvalue weighted by atomic mass is 16.6. The van der Waals surface area contributed by atoms with Gasteiger partial charge in [-0.25, -0.2) is 0 Å². The van der Waals surface area contributed by atoms with Gasteiger partial charge >= 0.3 is 0 Å². The summed E-state index contributed by atoms with van der Waals surface area (Å²) in [5.74, 6) is 0. The average Bonchev–Trinajstić information content (AvgIpc) is 3.29. The van der Waals surface area contributed by atoms with Gasteiger partial charge in [0, 0.05) is 6.54 Å². The Hall–Kier alpha value is -0.980. The maximum atomic E-state index is 6.03. The summed E-state index contributed by atoms with van der Waals surface area (Å²) in [5, 5.41) is 0. The third-order valence-electron chi connectivity index (χ3n) is 4.04. The first kappa shape index (κ1) is 15.4. The van der Waals surface area contributed by atoms with Crippen LogP contribution in [0.1, 0.15) is 31.4 Å². The SMILES string of the molecule is CCC(C)(OCC1CO1)c1ccc(C(N)(N)CN)cc1. The minimum Gasteiger partial charge on any atom is -0.371 e. The first-order chi connectivity index (χ1) is 9.41. The van der Waals surface area contributed by atoms with Gasteiger partial charge in [0.05, 0.1) is 18.8 Å². The minimum absolute atomic E-state index is 0.201. The third kappa shape index (κ3) is 3.37. The topological polar surface area (TPSA) is 99.8 Å². The van der Waals surface area contributed by atoms with Crippen molar-refractivity contribution in [2.45, 2.75) is 37.6 Å². The van der Waals surface area contributed by atoms with Crippen molar-refractivity contribution in [3.63, 3.8) is 0 Å². The lowest BCUT2D eigenvalue weighted by Gasteiger charge is -2.30. The molecule has 2 rings (SSSR count). The summed E-state index contributed by atoms with van der Waals surface area (Å²) in [7, 11) is 0. The molecule has 1 aromatic rings. The van der Waals surface area contributed by atoms with Crippen LogP contribution < -0.4 is 17.2 Å². The normalized spacial score (nSPS) is 21.6. The molecule has 0 spiro atoms. The van der Waals surface area contributed by atoms with Crippen LogP contribution in [0.2, 0.25) is 0 Å². The summed E-state index contributed by atoms with van der Waals surface area (Å²) in [6, 6.07) is 7.87.